The second-order valence-electron chi connectivity index (χ2n) is 6.26. The number of benzene rings is 1. The van der Waals surface area contributed by atoms with Gasteiger partial charge in [0.15, 0.2) is 6.61 Å². The third-order valence-electron chi connectivity index (χ3n) is 3.18. The van der Waals surface area contributed by atoms with Crippen molar-refractivity contribution in [3.8, 4) is 5.75 Å². The molecule has 0 aliphatic carbocycles. The number of halogens is 4. The van der Waals surface area contributed by atoms with Gasteiger partial charge in [-0.3, -0.25) is 0 Å². The van der Waals surface area contributed by atoms with E-state index in [-0.39, 0.29) is 11.2 Å². The smallest absolute Gasteiger partial charge is 0.410 e. The number of rotatable bonds is 6. The van der Waals surface area contributed by atoms with E-state index >= 15 is 0 Å². The van der Waals surface area contributed by atoms with E-state index in [9.17, 15) is 37.1 Å². The normalized spacial score (nSPS) is 12.4. The van der Waals surface area contributed by atoms with Crippen molar-refractivity contribution in [3.05, 3.63) is 29.8 Å². The zero-order valence-corrected chi connectivity index (χ0v) is 14.0. The van der Waals surface area contributed by atoms with Gasteiger partial charge in [-0.2, -0.15) is 17.6 Å². The Kier molecular flexibility index (Phi) is 6.01. The second kappa shape index (κ2) is 7.30. The van der Waals surface area contributed by atoms with Crippen LogP contribution in [0.5, 0.6) is 5.75 Å². The molecule has 0 fully saturated rings. The van der Waals surface area contributed by atoms with Gasteiger partial charge in [0, 0.05) is 0 Å². The summed E-state index contributed by atoms with van der Waals surface area (Å²) < 4.78 is 60.1. The van der Waals surface area contributed by atoms with Crippen LogP contribution in [0.15, 0.2) is 24.3 Å². The maximum absolute atomic E-state index is 13.1. The Bertz CT molecular complexity index is 692. The Morgan fingerprint density at radius 3 is 1.88 bits per heavy atom. The molecule has 6 nitrogen and oxygen atoms in total. The summed E-state index contributed by atoms with van der Waals surface area (Å²) in [6.45, 7) is 4.40. The lowest BCUT2D eigenvalue weighted by Crippen LogP contribution is -2.58. The number of carboxylic acid groups (broad SMARTS) is 1. The van der Waals surface area contributed by atoms with Crippen molar-refractivity contribution >= 4 is 17.9 Å². The van der Waals surface area contributed by atoms with E-state index in [1.165, 1.54) is 12.1 Å². The third-order valence-corrected chi connectivity index (χ3v) is 3.18. The quantitative estimate of drug-likeness (QED) is 0.422. The van der Waals surface area contributed by atoms with Crippen LogP contribution in [0.2, 0.25) is 0 Å². The Morgan fingerprint density at radius 2 is 1.46 bits per heavy atom. The highest BCUT2D eigenvalue weighted by Gasteiger charge is 2.64. The molecular formula is C16H15F4O6-. The van der Waals surface area contributed by atoms with Crippen molar-refractivity contribution in [1.29, 1.82) is 0 Å². The zero-order chi connectivity index (χ0) is 20.3. The minimum absolute atomic E-state index is 0.00544. The SMILES string of the molecule is CC(C)(C)c1ccc(OC(=O)COC(=O)C(F)(F)C(F)(F)C(=O)[O-])cc1. The maximum atomic E-state index is 13.1. The topological polar surface area (TPSA) is 92.7 Å². The maximum Gasteiger partial charge on any atom is 0.410 e. The van der Waals surface area contributed by atoms with E-state index in [0.29, 0.717) is 0 Å². The van der Waals surface area contributed by atoms with E-state index in [1.54, 1.807) is 12.1 Å². The number of alkyl halides is 4. The van der Waals surface area contributed by atoms with Crippen LogP contribution in [-0.4, -0.2) is 36.4 Å². The van der Waals surface area contributed by atoms with Gasteiger partial charge in [-0.15, -0.1) is 0 Å². The van der Waals surface area contributed by atoms with Crippen molar-refractivity contribution in [2.75, 3.05) is 6.61 Å². The molecule has 0 aliphatic heterocycles. The molecule has 0 heterocycles. The molecular weight excluding hydrogens is 364 g/mol. The Hall–Kier alpha value is -2.65. The molecule has 1 aromatic rings. The molecule has 0 aliphatic rings. The van der Waals surface area contributed by atoms with Gasteiger partial charge in [-0.1, -0.05) is 32.9 Å². The van der Waals surface area contributed by atoms with Gasteiger partial charge < -0.3 is 19.4 Å². The molecule has 0 unspecified atom stereocenters. The van der Waals surface area contributed by atoms with Crippen molar-refractivity contribution in [3.63, 3.8) is 0 Å². The summed E-state index contributed by atoms with van der Waals surface area (Å²) in [5.41, 5.74) is 0.737. The lowest BCUT2D eigenvalue weighted by atomic mass is 9.87. The standard InChI is InChI=1S/C16H16F4O6/c1-14(2,3)9-4-6-10(7-5-9)26-11(21)8-25-13(24)16(19,20)15(17,18)12(22)23/h4-7H,8H2,1-3H3,(H,22,23)/p-1. The Balaban J connectivity index is 2.67. The summed E-state index contributed by atoms with van der Waals surface area (Å²) >= 11 is 0. The van der Waals surface area contributed by atoms with Crippen molar-refractivity contribution in [1.82, 2.24) is 0 Å². The van der Waals surface area contributed by atoms with Crippen LogP contribution in [0.1, 0.15) is 26.3 Å². The molecule has 26 heavy (non-hydrogen) atoms. The number of carboxylic acids is 1. The van der Waals surface area contributed by atoms with Gasteiger partial charge >= 0.3 is 23.8 Å². The highest BCUT2D eigenvalue weighted by atomic mass is 19.3. The Morgan fingerprint density at radius 1 is 0.962 bits per heavy atom. The average molecular weight is 379 g/mol. The van der Waals surface area contributed by atoms with Gasteiger partial charge in [0.1, 0.15) is 11.7 Å². The first-order valence-electron chi connectivity index (χ1n) is 7.15. The zero-order valence-electron chi connectivity index (χ0n) is 14.0. The number of hydrogen-bond acceptors (Lipinski definition) is 6. The molecule has 0 radical (unpaired) electrons. The highest BCUT2D eigenvalue weighted by molar-refractivity contribution is 5.89. The number of ether oxygens (including phenoxy) is 2. The van der Waals surface area contributed by atoms with E-state index in [4.69, 9.17) is 4.74 Å². The summed E-state index contributed by atoms with van der Waals surface area (Å²) in [7, 11) is 0. The van der Waals surface area contributed by atoms with Crippen molar-refractivity contribution in [2.24, 2.45) is 0 Å². The van der Waals surface area contributed by atoms with Crippen LogP contribution in [0.3, 0.4) is 0 Å². The molecule has 0 saturated heterocycles. The molecule has 144 valence electrons. The van der Waals surface area contributed by atoms with Crippen LogP contribution in [-0.2, 0) is 24.5 Å². The summed E-state index contributed by atoms with van der Waals surface area (Å²) in [5.74, 6) is -19.2. The molecule has 0 N–H and O–H groups in total. The van der Waals surface area contributed by atoms with E-state index in [0.717, 1.165) is 5.56 Å². The van der Waals surface area contributed by atoms with Crippen molar-refractivity contribution in [2.45, 2.75) is 38.0 Å². The fourth-order valence-electron chi connectivity index (χ4n) is 1.66. The molecule has 1 aromatic carbocycles. The molecule has 0 bridgehead atoms. The van der Waals surface area contributed by atoms with Crippen LogP contribution >= 0.6 is 0 Å². The van der Waals surface area contributed by atoms with Gasteiger partial charge in [-0.25, -0.2) is 9.59 Å². The predicted octanol–water partition coefficient (Wildman–Crippen LogP) is 1.45. The number of hydrogen-bond donors (Lipinski definition) is 0. The Labute approximate surface area is 145 Å². The molecule has 0 aromatic heterocycles. The summed E-state index contributed by atoms with van der Waals surface area (Å²) in [5, 5.41) is 10.0. The molecule has 0 amide bonds. The molecule has 0 saturated carbocycles. The lowest BCUT2D eigenvalue weighted by molar-refractivity contribution is -0.346. The monoisotopic (exact) mass is 379 g/mol. The fourth-order valence-corrected chi connectivity index (χ4v) is 1.66. The first-order valence-corrected chi connectivity index (χ1v) is 7.15. The largest absolute Gasteiger partial charge is 0.544 e. The van der Waals surface area contributed by atoms with Gasteiger partial charge in [0.25, 0.3) is 0 Å². The molecule has 10 heteroatoms. The average Bonchev–Trinajstić information content (AvgIpc) is 2.51. The molecule has 1 rings (SSSR count). The highest BCUT2D eigenvalue weighted by Crippen LogP contribution is 2.35. The van der Waals surface area contributed by atoms with Crippen LogP contribution in [0, 0.1) is 0 Å². The number of esters is 2. The summed E-state index contributed by atoms with van der Waals surface area (Å²) in [4.78, 5) is 32.4. The molecule has 0 atom stereocenters. The minimum atomic E-state index is -5.79. The van der Waals surface area contributed by atoms with Crippen LogP contribution in [0.25, 0.3) is 0 Å². The van der Waals surface area contributed by atoms with E-state index in [2.05, 4.69) is 4.74 Å². The van der Waals surface area contributed by atoms with E-state index in [1.807, 2.05) is 20.8 Å². The predicted molar refractivity (Wildman–Crippen MR) is 76.6 cm³/mol. The third kappa shape index (κ3) is 4.70. The van der Waals surface area contributed by atoms with E-state index < -0.39 is 36.4 Å². The first-order chi connectivity index (χ1) is 11.7. The summed E-state index contributed by atoms with van der Waals surface area (Å²) in [6.07, 6.45) is 0. The second-order valence-corrected chi connectivity index (χ2v) is 6.26. The van der Waals surface area contributed by atoms with Gasteiger partial charge in [0.2, 0.25) is 0 Å². The fraction of sp³-hybridized carbons (Fsp3) is 0.438. The minimum Gasteiger partial charge on any atom is -0.544 e. The number of carbonyl (C=O) groups is 3. The first kappa shape index (κ1) is 21.4. The lowest BCUT2D eigenvalue weighted by Gasteiger charge is -2.24. The number of carbonyl (C=O) groups excluding carboxylic acids is 3. The van der Waals surface area contributed by atoms with Gasteiger partial charge in [0.05, 0.1) is 0 Å². The van der Waals surface area contributed by atoms with Crippen molar-refractivity contribution < 1.29 is 46.5 Å². The van der Waals surface area contributed by atoms with Crippen LogP contribution in [0.4, 0.5) is 17.6 Å². The number of aliphatic carboxylic acids is 1. The molecule has 0 spiro atoms. The van der Waals surface area contributed by atoms with Gasteiger partial charge in [-0.05, 0) is 23.1 Å². The summed E-state index contributed by atoms with van der Waals surface area (Å²) in [6, 6.07) is 6.09. The van der Waals surface area contributed by atoms with Crippen LogP contribution < -0.4 is 9.84 Å².